The summed E-state index contributed by atoms with van der Waals surface area (Å²) in [7, 11) is 1.62. The molecule has 0 spiro atoms. The number of benzene rings is 2. The molecular weight excluding hydrogens is 382 g/mol. The van der Waals surface area contributed by atoms with E-state index >= 15 is 0 Å². The quantitative estimate of drug-likeness (QED) is 0.569. The molecule has 164 valence electrons. The van der Waals surface area contributed by atoms with Crippen LogP contribution in [0.5, 0.6) is 17.2 Å². The minimum absolute atomic E-state index is 0.0710. The van der Waals surface area contributed by atoms with Crippen LogP contribution in [-0.2, 0) is 16.0 Å². The molecule has 0 fully saturated rings. The second-order valence-electron chi connectivity index (χ2n) is 7.26. The molecule has 0 saturated carbocycles. The van der Waals surface area contributed by atoms with Gasteiger partial charge in [-0.1, -0.05) is 23.8 Å². The summed E-state index contributed by atoms with van der Waals surface area (Å²) in [5.41, 5.74) is 2.20. The molecule has 6 heteroatoms. The summed E-state index contributed by atoms with van der Waals surface area (Å²) in [6.07, 6.45) is 0.0798. The molecule has 0 aliphatic carbocycles. The first kappa shape index (κ1) is 23.5. The maximum absolute atomic E-state index is 12.5. The van der Waals surface area contributed by atoms with Crippen LogP contribution in [0.25, 0.3) is 0 Å². The first-order chi connectivity index (χ1) is 14.4. The van der Waals surface area contributed by atoms with Gasteiger partial charge in [-0.2, -0.15) is 0 Å². The smallest absolute Gasteiger partial charge is 0.252 e. The summed E-state index contributed by atoms with van der Waals surface area (Å²) in [5.74, 6) is 1.93. The van der Waals surface area contributed by atoms with E-state index in [4.69, 9.17) is 18.9 Å². The van der Waals surface area contributed by atoms with Gasteiger partial charge < -0.3 is 24.3 Å². The monoisotopic (exact) mass is 415 g/mol. The first-order valence-corrected chi connectivity index (χ1v) is 10.3. The van der Waals surface area contributed by atoms with Crippen molar-refractivity contribution < 1.29 is 23.7 Å². The van der Waals surface area contributed by atoms with Crippen molar-refractivity contribution >= 4 is 5.91 Å². The van der Waals surface area contributed by atoms with E-state index in [9.17, 15) is 4.79 Å². The Morgan fingerprint density at radius 1 is 1.07 bits per heavy atom. The van der Waals surface area contributed by atoms with Crippen LogP contribution in [0.4, 0.5) is 0 Å². The van der Waals surface area contributed by atoms with Gasteiger partial charge in [-0.15, -0.1) is 0 Å². The fourth-order valence-electron chi connectivity index (χ4n) is 2.87. The highest BCUT2D eigenvalue weighted by atomic mass is 16.5. The molecule has 2 aromatic carbocycles. The van der Waals surface area contributed by atoms with Gasteiger partial charge >= 0.3 is 0 Å². The molecule has 0 aliphatic rings. The lowest BCUT2D eigenvalue weighted by atomic mass is 10.1. The molecular formula is C24H33NO5. The number of hydrogen-bond acceptors (Lipinski definition) is 5. The van der Waals surface area contributed by atoms with Gasteiger partial charge in [0.05, 0.1) is 13.2 Å². The van der Waals surface area contributed by atoms with E-state index in [1.165, 1.54) is 0 Å². The third-order valence-corrected chi connectivity index (χ3v) is 4.39. The maximum atomic E-state index is 12.5. The van der Waals surface area contributed by atoms with Gasteiger partial charge in [0.1, 0.15) is 12.4 Å². The molecule has 0 bridgehead atoms. The number of nitrogens with one attached hydrogen (secondary N) is 1. The molecule has 1 N–H and O–H groups in total. The molecule has 0 aliphatic heterocycles. The number of methoxy groups -OCH3 is 1. The molecule has 6 nitrogen and oxygen atoms in total. The molecule has 0 saturated heterocycles. The largest absolute Gasteiger partial charge is 0.493 e. The van der Waals surface area contributed by atoms with E-state index in [2.05, 4.69) is 5.32 Å². The molecule has 1 atom stereocenters. The predicted octanol–water partition coefficient (Wildman–Crippen LogP) is 3.93. The van der Waals surface area contributed by atoms with Gasteiger partial charge in [-0.3, -0.25) is 4.79 Å². The Morgan fingerprint density at radius 3 is 2.43 bits per heavy atom. The highest BCUT2D eigenvalue weighted by molar-refractivity contribution is 5.81. The fourth-order valence-corrected chi connectivity index (χ4v) is 2.87. The van der Waals surface area contributed by atoms with E-state index in [0.717, 1.165) is 11.1 Å². The van der Waals surface area contributed by atoms with Crippen molar-refractivity contribution in [1.29, 1.82) is 0 Å². The van der Waals surface area contributed by atoms with Crippen molar-refractivity contribution in [2.24, 2.45) is 0 Å². The van der Waals surface area contributed by atoms with Crippen LogP contribution in [0.15, 0.2) is 42.5 Å². The van der Waals surface area contributed by atoms with Gasteiger partial charge in [0.25, 0.3) is 5.91 Å². The minimum Gasteiger partial charge on any atom is -0.493 e. The number of amides is 1. The summed E-state index contributed by atoms with van der Waals surface area (Å²) in [5, 5.41) is 2.93. The van der Waals surface area contributed by atoms with E-state index in [0.29, 0.717) is 36.8 Å². The van der Waals surface area contributed by atoms with Crippen molar-refractivity contribution in [2.75, 3.05) is 26.9 Å². The van der Waals surface area contributed by atoms with Crippen LogP contribution in [-0.4, -0.2) is 45.0 Å². The summed E-state index contributed by atoms with van der Waals surface area (Å²) in [4.78, 5) is 12.5. The fraction of sp³-hybridized carbons (Fsp3) is 0.458. The standard InChI is InChI=1S/C24H33NO5/c1-6-28-23(16-29-20-10-7-18(4)8-11-20)24(26)25-14-13-19-9-12-21(30-17(2)3)22(15-19)27-5/h7-12,15,17,23H,6,13-14,16H2,1-5H3,(H,25,26). The SMILES string of the molecule is CCOC(COc1ccc(C)cc1)C(=O)NCCc1ccc(OC(C)C)c(OC)c1. The average Bonchev–Trinajstić information content (AvgIpc) is 2.72. The lowest BCUT2D eigenvalue weighted by Gasteiger charge is -2.18. The summed E-state index contributed by atoms with van der Waals surface area (Å²) in [6, 6.07) is 13.5. The maximum Gasteiger partial charge on any atom is 0.252 e. The molecule has 0 radical (unpaired) electrons. The van der Waals surface area contributed by atoms with Crippen LogP contribution in [0.2, 0.25) is 0 Å². The number of carbonyl (C=O) groups is 1. The van der Waals surface area contributed by atoms with Crippen molar-refractivity contribution in [3.63, 3.8) is 0 Å². The second-order valence-corrected chi connectivity index (χ2v) is 7.26. The zero-order valence-corrected chi connectivity index (χ0v) is 18.6. The zero-order valence-electron chi connectivity index (χ0n) is 18.6. The van der Waals surface area contributed by atoms with Crippen molar-refractivity contribution in [3.05, 3.63) is 53.6 Å². The van der Waals surface area contributed by atoms with Crippen molar-refractivity contribution in [2.45, 2.75) is 46.3 Å². The Hall–Kier alpha value is -2.73. The van der Waals surface area contributed by atoms with E-state index in [1.807, 2.05) is 70.2 Å². The summed E-state index contributed by atoms with van der Waals surface area (Å²) >= 11 is 0. The molecule has 1 unspecified atom stereocenters. The van der Waals surface area contributed by atoms with Crippen molar-refractivity contribution in [1.82, 2.24) is 5.32 Å². The van der Waals surface area contributed by atoms with E-state index in [1.54, 1.807) is 7.11 Å². The predicted molar refractivity (Wildman–Crippen MR) is 118 cm³/mol. The molecule has 30 heavy (non-hydrogen) atoms. The topological polar surface area (TPSA) is 66.0 Å². The minimum atomic E-state index is -0.660. The molecule has 1 amide bonds. The summed E-state index contributed by atoms with van der Waals surface area (Å²) < 4.78 is 22.4. The first-order valence-electron chi connectivity index (χ1n) is 10.3. The Bertz CT molecular complexity index is 789. The molecule has 0 heterocycles. The lowest BCUT2D eigenvalue weighted by molar-refractivity contribution is -0.134. The number of hydrogen-bond donors (Lipinski definition) is 1. The van der Waals surface area contributed by atoms with Crippen LogP contribution < -0.4 is 19.5 Å². The number of aryl methyl sites for hydroxylation is 1. The Kier molecular flexibility index (Phi) is 9.48. The van der Waals surface area contributed by atoms with Gasteiger partial charge in [0.2, 0.25) is 0 Å². The zero-order chi connectivity index (χ0) is 21.9. The van der Waals surface area contributed by atoms with Crippen LogP contribution in [0, 0.1) is 6.92 Å². The molecule has 2 aromatic rings. The van der Waals surface area contributed by atoms with Crippen LogP contribution in [0.1, 0.15) is 31.9 Å². The molecule has 2 rings (SSSR count). The summed E-state index contributed by atoms with van der Waals surface area (Å²) in [6.45, 7) is 8.91. The normalized spacial score (nSPS) is 11.8. The third-order valence-electron chi connectivity index (χ3n) is 4.39. The van der Waals surface area contributed by atoms with Crippen LogP contribution in [0.3, 0.4) is 0 Å². The van der Waals surface area contributed by atoms with Gasteiger partial charge in [0.15, 0.2) is 17.6 Å². The third kappa shape index (κ3) is 7.59. The lowest BCUT2D eigenvalue weighted by Crippen LogP contribution is -2.41. The Morgan fingerprint density at radius 2 is 1.80 bits per heavy atom. The van der Waals surface area contributed by atoms with Gasteiger partial charge in [-0.25, -0.2) is 0 Å². The number of carbonyl (C=O) groups excluding carboxylic acids is 1. The number of ether oxygens (including phenoxy) is 4. The van der Waals surface area contributed by atoms with Gasteiger partial charge in [-0.05, 0) is 63.9 Å². The highest BCUT2D eigenvalue weighted by Gasteiger charge is 2.19. The molecule has 0 aromatic heterocycles. The second kappa shape index (κ2) is 12.1. The van der Waals surface area contributed by atoms with Crippen molar-refractivity contribution in [3.8, 4) is 17.2 Å². The van der Waals surface area contributed by atoms with Crippen LogP contribution >= 0.6 is 0 Å². The Labute approximate surface area is 179 Å². The highest BCUT2D eigenvalue weighted by Crippen LogP contribution is 2.29. The average molecular weight is 416 g/mol. The van der Waals surface area contributed by atoms with E-state index < -0.39 is 6.10 Å². The van der Waals surface area contributed by atoms with E-state index in [-0.39, 0.29) is 18.6 Å². The Balaban J connectivity index is 1.86. The number of rotatable bonds is 12. The van der Waals surface area contributed by atoms with Gasteiger partial charge in [0, 0.05) is 13.2 Å².